The lowest BCUT2D eigenvalue weighted by Crippen LogP contribution is -2.33. The van der Waals surface area contributed by atoms with E-state index in [1.807, 2.05) is 0 Å². The summed E-state index contributed by atoms with van der Waals surface area (Å²) in [6.45, 7) is 0.877. The van der Waals surface area contributed by atoms with Crippen LogP contribution in [0.25, 0.3) is 0 Å². The molecule has 0 aromatic heterocycles. The van der Waals surface area contributed by atoms with Gasteiger partial charge in [0.2, 0.25) is 0 Å². The van der Waals surface area contributed by atoms with Crippen LogP contribution < -0.4 is 10.2 Å². The first-order chi connectivity index (χ1) is 7.30. The second-order valence-corrected chi connectivity index (χ2v) is 3.25. The number of hydrogen-bond acceptors (Lipinski definition) is 3. The van der Waals surface area contributed by atoms with Crippen LogP contribution in [0.2, 0.25) is 0 Å². The quantitative estimate of drug-likeness (QED) is 0.756. The molecule has 0 saturated heterocycles. The molecule has 0 spiro atoms. The molecule has 0 radical (unpaired) electrons. The van der Waals surface area contributed by atoms with Gasteiger partial charge in [-0.3, -0.25) is 0 Å². The second kappa shape index (κ2) is 4.75. The first-order valence-electron chi connectivity index (χ1n) is 4.50. The summed E-state index contributed by atoms with van der Waals surface area (Å²) in [5.41, 5.74) is 0.0758. The highest BCUT2D eigenvalue weighted by Crippen LogP contribution is 2.24. The van der Waals surface area contributed by atoms with Gasteiger partial charge in [-0.15, -0.1) is 0 Å². The van der Waals surface area contributed by atoms with Crippen LogP contribution in [-0.4, -0.2) is 29.4 Å². The minimum atomic E-state index is -4.45. The second-order valence-electron chi connectivity index (χ2n) is 3.25. The zero-order chi connectivity index (χ0) is 12.3. The van der Waals surface area contributed by atoms with E-state index in [-0.39, 0.29) is 11.2 Å². The SMILES string of the molecule is CC(Oc1cccc(B(O)O)c1)C(F)(F)F. The van der Waals surface area contributed by atoms with E-state index in [0.29, 0.717) is 0 Å². The third-order valence-electron chi connectivity index (χ3n) is 1.93. The minimum Gasteiger partial charge on any atom is -0.481 e. The molecule has 1 atom stereocenters. The Labute approximate surface area is 90.6 Å². The lowest BCUT2D eigenvalue weighted by atomic mass is 9.80. The van der Waals surface area contributed by atoms with Gasteiger partial charge < -0.3 is 14.8 Å². The van der Waals surface area contributed by atoms with E-state index >= 15 is 0 Å². The smallest absolute Gasteiger partial charge is 0.481 e. The fourth-order valence-electron chi connectivity index (χ4n) is 1.02. The predicted molar refractivity (Wildman–Crippen MR) is 52.4 cm³/mol. The van der Waals surface area contributed by atoms with E-state index in [0.717, 1.165) is 13.0 Å². The topological polar surface area (TPSA) is 49.7 Å². The maximum Gasteiger partial charge on any atom is 0.488 e. The number of ether oxygens (including phenoxy) is 1. The first-order valence-corrected chi connectivity index (χ1v) is 4.50. The Kier molecular flexibility index (Phi) is 3.82. The molecule has 1 aromatic rings. The van der Waals surface area contributed by atoms with E-state index in [1.54, 1.807) is 0 Å². The lowest BCUT2D eigenvalue weighted by Gasteiger charge is -2.17. The van der Waals surface area contributed by atoms with Gasteiger partial charge in [-0.1, -0.05) is 12.1 Å². The third kappa shape index (κ3) is 3.43. The molecule has 1 unspecified atom stereocenters. The molecule has 0 fully saturated rings. The molecule has 88 valence electrons. The van der Waals surface area contributed by atoms with Crippen molar-refractivity contribution in [2.24, 2.45) is 0 Å². The number of benzene rings is 1. The highest BCUT2D eigenvalue weighted by Gasteiger charge is 2.38. The Morgan fingerprint density at radius 3 is 2.44 bits per heavy atom. The Morgan fingerprint density at radius 2 is 1.94 bits per heavy atom. The normalized spacial score (nSPS) is 13.4. The van der Waals surface area contributed by atoms with Gasteiger partial charge in [0, 0.05) is 0 Å². The van der Waals surface area contributed by atoms with Gasteiger partial charge in [0.25, 0.3) is 0 Å². The van der Waals surface area contributed by atoms with Crippen molar-refractivity contribution in [1.82, 2.24) is 0 Å². The van der Waals surface area contributed by atoms with E-state index < -0.39 is 19.4 Å². The molecular weight excluding hydrogens is 224 g/mol. The van der Waals surface area contributed by atoms with Gasteiger partial charge in [0.1, 0.15) is 5.75 Å². The largest absolute Gasteiger partial charge is 0.488 e. The summed E-state index contributed by atoms with van der Waals surface area (Å²) in [5, 5.41) is 17.6. The monoisotopic (exact) mass is 234 g/mol. The zero-order valence-electron chi connectivity index (χ0n) is 8.40. The van der Waals surface area contributed by atoms with Crippen molar-refractivity contribution >= 4 is 12.6 Å². The van der Waals surface area contributed by atoms with E-state index in [1.165, 1.54) is 18.2 Å². The van der Waals surface area contributed by atoms with Crippen LogP contribution in [0.4, 0.5) is 13.2 Å². The molecule has 7 heteroatoms. The Hall–Kier alpha value is -1.21. The van der Waals surface area contributed by atoms with Gasteiger partial charge in [0.05, 0.1) is 0 Å². The molecule has 0 heterocycles. The standard InChI is InChI=1S/C9H10BF3O3/c1-6(9(11,12)13)16-8-4-2-3-7(5-8)10(14)15/h2-6,14-15H,1H3. The maximum absolute atomic E-state index is 12.2. The molecule has 0 aliphatic heterocycles. The average Bonchev–Trinajstić information content (AvgIpc) is 2.16. The Bertz CT molecular complexity index is 354. The summed E-state index contributed by atoms with van der Waals surface area (Å²) >= 11 is 0. The maximum atomic E-state index is 12.2. The molecular formula is C9H10BF3O3. The van der Waals surface area contributed by atoms with Crippen LogP contribution in [0.1, 0.15) is 6.92 Å². The molecule has 2 N–H and O–H groups in total. The zero-order valence-corrected chi connectivity index (χ0v) is 8.40. The molecule has 0 amide bonds. The molecule has 0 saturated carbocycles. The summed E-state index contributed by atoms with van der Waals surface area (Å²) in [7, 11) is -1.73. The number of hydrogen-bond donors (Lipinski definition) is 2. The van der Waals surface area contributed by atoms with Crippen molar-refractivity contribution in [2.75, 3.05) is 0 Å². The summed E-state index contributed by atoms with van der Waals surface area (Å²) in [6, 6.07) is 5.21. The van der Waals surface area contributed by atoms with Crippen molar-refractivity contribution < 1.29 is 28.0 Å². The van der Waals surface area contributed by atoms with Crippen LogP contribution in [0.3, 0.4) is 0 Å². The average molecular weight is 234 g/mol. The Balaban J connectivity index is 2.78. The highest BCUT2D eigenvalue weighted by molar-refractivity contribution is 6.58. The van der Waals surface area contributed by atoms with Gasteiger partial charge in [0.15, 0.2) is 6.10 Å². The molecule has 0 aliphatic carbocycles. The van der Waals surface area contributed by atoms with Crippen LogP contribution in [-0.2, 0) is 0 Å². The van der Waals surface area contributed by atoms with Gasteiger partial charge in [-0.25, -0.2) is 0 Å². The molecule has 1 aromatic carbocycles. The van der Waals surface area contributed by atoms with Gasteiger partial charge in [-0.05, 0) is 24.5 Å². The van der Waals surface area contributed by atoms with Crippen molar-refractivity contribution in [3.05, 3.63) is 24.3 Å². The minimum absolute atomic E-state index is 0.0598. The number of rotatable bonds is 3. The molecule has 0 bridgehead atoms. The molecule has 1 rings (SSSR count). The summed E-state index contributed by atoms with van der Waals surface area (Å²) in [6.07, 6.45) is -6.40. The van der Waals surface area contributed by atoms with Crippen molar-refractivity contribution in [3.63, 3.8) is 0 Å². The van der Waals surface area contributed by atoms with Crippen molar-refractivity contribution in [1.29, 1.82) is 0 Å². The van der Waals surface area contributed by atoms with Crippen LogP contribution in [0, 0.1) is 0 Å². The first kappa shape index (κ1) is 12.9. The fourth-order valence-corrected chi connectivity index (χ4v) is 1.02. The van der Waals surface area contributed by atoms with Crippen molar-refractivity contribution in [3.8, 4) is 5.75 Å². The van der Waals surface area contributed by atoms with Crippen molar-refractivity contribution in [2.45, 2.75) is 19.2 Å². The van der Waals surface area contributed by atoms with Crippen LogP contribution in [0.5, 0.6) is 5.75 Å². The van der Waals surface area contributed by atoms with Gasteiger partial charge in [-0.2, -0.15) is 13.2 Å². The summed E-state index contributed by atoms with van der Waals surface area (Å²) < 4.78 is 41.1. The highest BCUT2D eigenvalue weighted by atomic mass is 19.4. The van der Waals surface area contributed by atoms with E-state index in [9.17, 15) is 13.2 Å². The molecule has 0 aliphatic rings. The Morgan fingerprint density at radius 1 is 1.31 bits per heavy atom. The van der Waals surface area contributed by atoms with E-state index in [2.05, 4.69) is 4.74 Å². The molecule has 16 heavy (non-hydrogen) atoms. The summed E-state index contributed by atoms with van der Waals surface area (Å²) in [4.78, 5) is 0. The van der Waals surface area contributed by atoms with Gasteiger partial charge >= 0.3 is 13.3 Å². The number of alkyl halides is 3. The predicted octanol–water partition coefficient (Wildman–Crippen LogP) is 0.696. The number of halogens is 3. The van der Waals surface area contributed by atoms with Crippen LogP contribution >= 0.6 is 0 Å². The van der Waals surface area contributed by atoms with E-state index in [4.69, 9.17) is 10.0 Å². The third-order valence-corrected chi connectivity index (χ3v) is 1.93. The lowest BCUT2D eigenvalue weighted by molar-refractivity contribution is -0.189. The van der Waals surface area contributed by atoms with Crippen LogP contribution in [0.15, 0.2) is 24.3 Å². The summed E-state index contributed by atoms with van der Waals surface area (Å²) in [5.74, 6) is -0.0598. The fraction of sp³-hybridized carbons (Fsp3) is 0.333. The molecule has 3 nitrogen and oxygen atoms in total.